The van der Waals surface area contributed by atoms with Crippen LogP contribution in [-0.4, -0.2) is 219 Å². The van der Waals surface area contributed by atoms with Gasteiger partial charge in [-0.3, -0.25) is 4.79 Å². The second-order valence-electron chi connectivity index (χ2n) is 11.1. The summed E-state index contributed by atoms with van der Waals surface area (Å²) in [6.07, 6.45) is 10.1. The van der Waals surface area contributed by atoms with Crippen LogP contribution in [0.3, 0.4) is 0 Å². The SMILES string of the molecule is CCCCCCCCCCCCCCC(=O)O.OCC(O)CO.OCC(O)CO.OCC(O)CO.OCC(O)CO.OCC(O)CO.OCC(O)CO. The molecule has 0 fully saturated rings. The van der Waals surface area contributed by atoms with Gasteiger partial charge in [-0.2, -0.15) is 0 Å². The fourth-order valence-corrected chi connectivity index (χ4v) is 2.46. The maximum absolute atomic E-state index is 10.3. The van der Waals surface area contributed by atoms with Gasteiger partial charge in [-0.15, -0.1) is 0 Å². The van der Waals surface area contributed by atoms with Crippen molar-refractivity contribution in [2.45, 2.75) is 127 Å². The topological polar surface area (TPSA) is 401 Å². The van der Waals surface area contributed by atoms with E-state index in [9.17, 15) is 4.79 Å². The van der Waals surface area contributed by atoms with E-state index in [4.69, 9.17) is 97.0 Å². The smallest absolute Gasteiger partial charge is 0.303 e. The summed E-state index contributed by atoms with van der Waals surface area (Å²) in [5.41, 5.74) is 0. The summed E-state index contributed by atoms with van der Waals surface area (Å²) < 4.78 is 0. The normalized spacial score (nSPS) is 10.2. The largest absolute Gasteiger partial charge is 0.481 e. The van der Waals surface area contributed by atoms with Gasteiger partial charge in [0, 0.05) is 6.42 Å². The van der Waals surface area contributed by atoms with E-state index in [2.05, 4.69) is 6.92 Å². The Kier molecular flexibility index (Phi) is 78.8. The van der Waals surface area contributed by atoms with Crippen molar-refractivity contribution in [3.8, 4) is 0 Å². The summed E-state index contributed by atoms with van der Waals surface area (Å²) in [6, 6.07) is 0. The lowest BCUT2D eigenvalue weighted by atomic mass is 10.0. The Morgan fingerprint density at radius 3 is 0.585 bits per heavy atom. The van der Waals surface area contributed by atoms with Gasteiger partial charge in [-0.25, -0.2) is 0 Å². The first-order valence-corrected chi connectivity index (χ1v) is 17.7. The van der Waals surface area contributed by atoms with Gasteiger partial charge in [0.15, 0.2) is 0 Å². The molecule has 0 heterocycles. The van der Waals surface area contributed by atoms with E-state index in [1.54, 1.807) is 0 Å². The average Bonchev–Trinajstić information content (AvgIpc) is 3.20. The molecule has 19 N–H and O–H groups in total. The molecule has 53 heavy (non-hydrogen) atoms. The number of hydrogen-bond donors (Lipinski definition) is 19. The third kappa shape index (κ3) is 89.3. The molecular formula is C33H78O20. The summed E-state index contributed by atoms with van der Waals surface area (Å²) >= 11 is 0. The molecule has 0 bridgehead atoms. The van der Waals surface area contributed by atoms with Crippen LogP contribution >= 0.6 is 0 Å². The molecule has 20 heteroatoms. The van der Waals surface area contributed by atoms with Crippen LogP contribution in [0, 0.1) is 0 Å². The molecule has 0 aromatic rings. The van der Waals surface area contributed by atoms with E-state index in [0.717, 1.165) is 12.8 Å². The number of hydrogen-bond acceptors (Lipinski definition) is 19. The van der Waals surface area contributed by atoms with Crippen molar-refractivity contribution in [3.63, 3.8) is 0 Å². The zero-order chi connectivity index (χ0) is 42.7. The lowest BCUT2D eigenvalue weighted by Crippen LogP contribution is -2.15. The van der Waals surface area contributed by atoms with Gasteiger partial charge in [-0.1, -0.05) is 77.6 Å². The molecule has 0 unspecified atom stereocenters. The fourth-order valence-electron chi connectivity index (χ4n) is 2.46. The zero-order valence-corrected chi connectivity index (χ0v) is 31.5. The Hall–Kier alpha value is -1.25. The summed E-state index contributed by atoms with van der Waals surface area (Å²) in [6.45, 7) is -2.12. The average molecular weight is 795 g/mol. The van der Waals surface area contributed by atoms with Gasteiger partial charge in [0.25, 0.3) is 0 Å². The van der Waals surface area contributed by atoms with E-state index in [0.29, 0.717) is 6.42 Å². The molecule has 0 aromatic heterocycles. The number of carboxylic acids is 1. The first-order valence-electron chi connectivity index (χ1n) is 17.7. The monoisotopic (exact) mass is 795 g/mol. The van der Waals surface area contributed by atoms with Crippen LogP contribution in [0.5, 0.6) is 0 Å². The van der Waals surface area contributed by atoms with Crippen LogP contribution in [0.2, 0.25) is 0 Å². The molecular weight excluding hydrogens is 716 g/mol. The van der Waals surface area contributed by atoms with Crippen molar-refractivity contribution in [1.82, 2.24) is 0 Å². The Bertz CT molecular complexity index is 495. The van der Waals surface area contributed by atoms with Crippen LogP contribution in [0.4, 0.5) is 0 Å². The Balaban J connectivity index is -0.0000000996. The standard InChI is InChI=1S/C15H30O2.6C3H8O3/c1-2-3-4-5-6-7-8-9-10-11-12-13-14-15(16)17;6*4-1-3(6)2-5/h2-14H2,1H3,(H,16,17);6*3-6H,1-2H2. The maximum atomic E-state index is 10.3. The van der Waals surface area contributed by atoms with Gasteiger partial charge in [0.05, 0.1) is 79.3 Å². The minimum Gasteiger partial charge on any atom is -0.481 e. The minimum absolute atomic E-state index is 0.345. The van der Waals surface area contributed by atoms with Crippen molar-refractivity contribution in [1.29, 1.82) is 0 Å². The Labute approximate surface area is 314 Å². The van der Waals surface area contributed by atoms with E-state index >= 15 is 0 Å². The first-order chi connectivity index (χ1) is 25.1. The molecule has 0 saturated carbocycles. The summed E-state index contributed by atoms with van der Waals surface area (Å²) in [4.78, 5) is 10.3. The maximum Gasteiger partial charge on any atom is 0.303 e. The highest BCUT2D eigenvalue weighted by atomic mass is 16.4. The van der Waals surface area contributed by atoms with Crippen molar-refractivity contribution in [2.24, 2.45) is 0 Å². The van der Waals surface area contributed by atoms with Crippen LogP contribution in [0.15, 0.2) is 0 Å². The van der Waals surface area contributed by atoms with E-state index in [1.807, 2.05) is 0 Å². The molecule has 0 amide bonds. The number of carbonyl (C=O) groups is 1. The van der Waals surface area contributed by atoms with Crippen LogP contribution in [0.1, 0.15) is 90.4 Å². The molecule has 20 nitrogen and oxygen atoms in total. The minimum atomic E-state index is -0.954. The van der Waals surface area contributed by atoms with E-state index in [1.165, 1.54) is 64.2 Å². The second kappa shape index (κ2) is 62.7. The number of unbranched alkanes of at least 4 members (excludes halogenated alkanes) is 11. The second-order valence-corrected chi connectivity index (χ2v) is 11.1. The number of aliphatic carboxylic acids is 1. The first kappa shape index (κ1) is 66.6. The molecule has 0 aliphatic rings. The molecule has 0 aliphatic carbocycles. The number of rotatable bonds is 25. The summed E-state index contributed by atoms with van der Waals surface area (Å²) in [5, 5.41) is 153. The van der Waals surface area contributed by atoms with E-state index in [-0.39, 0.29) is 79.3 Å². The summed E-state index contributed by atoms with van der Waals surface area (Å²) in [7, 11) is 0. The third-order valence-electron chi connectivity index (χ3n) is 5.77. The lowest BCUT2D eigenvalue weighted by Gasteiger charge is -2.02. The van der Waals surface area contributed by atoms with Crippen LogP contribution in [0.25, 0.3) is 0 Å². The van der Waals surface area contributed by atoms with Crippen LogP contribution < -0.4 is 0 Å². The molecule has 330 valence electrons. The van der Waals surface area contributed by atoms with Crippen molar-refractivity contribution in [3.05, 3.63) is 0 Å². The van der Waals surface area contributed by atoms with Gasteiger partial charge in [0.1, 0.15) is 36.6 Å². The van der Waals surface area contributed by atoms with Gasteiger partial charge in [0.2, 0.25) is 0 Å². The van der Waals surface area contributed by atoms with Crippen molar-refractivity contribution in [2.75, 3.05) is 79.3 Å². The molecule has 0 aromatic carbocycles. The molecule has 0 rings (SSSR count). The highest BCUT2D eigenvalue weighted by Crippen LogP contribution is 2.12. The summed E-state index contributed by atoms with van der Waals surface area (Å²) in [5.74, 6) is -0.655. The molecule has 0 aliphatic heterocycles. The molecule has 0 atom stereocenters. The Morgan fingerprint density at radius 2 is 0.472 bits per heavy atom. The van der Waals surface area contributed by atoms with Crippen LogP contribution in [-0.2, 0) is 4.79 Å². The molecule has 0 saturated heterocycles. The zero-order valence-electron chi connectivity index (χ0n) is 31.5. The Morgan fingerprint density at radius 1 is 0.321 bits per heavy atom. The predicted molar refractivity (Wildman–Crippen MR) is 194 cm³/mol. The van der Waals surface area contributed by atoms with Gasteiger partial charge >= 0.3 is 5.97 Å². The third-order valence-corrected chi connectivity index (χ3v) is 5.77. The highest BCUT2D eigenvalue weighted by molar-refractivity contribution is 5.66. The number of aliphatic hydroxyl groups excluding tert-OH is 18. The fraction of sp³-hybridized carbons (Fsp3) is 0.970. The number of aliphatic hydroxyl groups is 18. The number of carboxylic acid groups (broad SMARTS) is 1. The lowest BCUT2D eigenvalue weighted by molar-refractivity contribution is -0.137. The predicted octanol–water partition coefficient (Wildman–Crippen LogP) is -4.85. The highest BCUT2D eigenvalue weighted by Gasteiger charge is 1.98. The molecule has 0 spiro atoms. The van der Waals surface area contributed by atoms with E-state index < -0.39 is 42.6 Å². The molecule has 0 radical (unpaired) electrons. The van der Waals surface area contributed by atoms with Crippen molar-refractivity contribution < 1.29 is 102 Å². The van der Waals surface area contributed by atoms with Gasteiger partial charge in [-0.05, 0) is 6.42 Å². The van der Waals surface area contributed by atoms with Crippen molar-refractivity contribution >= 4 is 5.97 Å². The van der Waals surface area contributed by atoms with Gasteiger partial charge < -0.3 is 97.0 Å². The quantitative estimate of drug-likeness (QED) is 0.0385.